The standard InChI is InChI=1S/C7H14N2O3/c1-12-5-6-4-8-2-3-9(6)7(10)11/h6,8H,2-5H2,1H3,(H,10,11)/t6-/m0/s1. The fraction of sp³-hybridized carbons (Fsp3) is 0.857. The molecule has 5 heteroatoms. The highest BCUT2D eigenvalue weighted by molar-refractivity contribution is 5.65. The third-order valence-electron chi connectivity index (χ3n) is 1.95. The Bertz CT molecular complexity index is 161. The number of amides is 1. The van der Waals surface area contributed by atoms with Crippen LogP contribution in [0.1, 0.15) is 0 Å². The molecule has 1 atom stereocenters. The van der Waals surface area contributed by atoms with Gasteiger partial charge in [0, 0.05) is 26.7 Å². The fourth-order valence-corrected chi connectivity index (χ4v) is 1.35. The average molecular weight is 174 g/mol. The Kier molecular flexibility index (Phi) is 3.31. The molecular formula is C7H14N2O3. The van der Waals surface area contributed by atoms with Gasteiger partial charge in [-0.15, -0.1) is 0 Å². The summed E-state index contributed by atoms with van der Waals surface area (Å²) in [6.07, 6.45) is -0.862. The van der Waals surface area contributed by atoms with Crippen LogP contribution in [-0.2, 0) is 4.74 Å². The van der Waals surface area contributed by atoms with Gasteiger partial charge < -0.3 is 20.1 Å². The Hall–Kier alpha value is -0.810. The monoisotopic (exact) mass is 174 g/mol. The molecule has 0 bridgehead atoms. The van der Waals surface area contributed by atoms with Crippen molar-refractivity contribution >= 4 is 6.09 Å². The summed E-state index contributed by atoms with van der Waals surface area (Å²) in [5.74, 6) is 0. The zero-order chi connectivity index (χ0) is 8.97. The van der Waals surface area contributed by atoms with Crippen LogP contribution in [0.15, 0.2) is 0 Å². The van der Waals surface area contributed by atoms with Crippen molar-refractivity contribution in [2.75, 3.05) is 33.4 Å². The van der Waals surface area contributed by atoms with Gasteiger partial charge in [0.2, 0.25) is 0 Å². The molecule has 1 amide bonds. The molecule has 1 aliphatic heterocycles. The highest BCUT2D eigenvalue weighted by Gasteiger charge is 2.25. The molecule has 0 aromatic heterocycles. The summed E-state index contributed by atoms with van der Waals surface area (Å²) >= 11 is 0. The lowest BCUT2D eigenvalue weighted by Gasteiger charge is -2.33. The second-order valence-electron chi connectivity index (χ2n) is 2.79. The van der Waals surface area contributed by atoms with Gasteiger partial charge in [-0.3, -0.25) is 0 Å². The van der Waals surface area contributed by atoms with Gasteiger partial charge in [0.25, 0.3) is 0 Å². The van der Waals surface area contributed by atoms with Crippen LogP contribution < -0.4 is 5.32 Å². The zero-order valence-corrected chi connectivity index (χ0v) is 7.12. The minimum absolute atomic E-state index is 0.0405. The normalized spacial score (nSPS) is 24.1. The number of ether oxygens (including phenoxy) is 1. The second-order valence-corrected chi connectivity index (χ2v) is 2.79. The predicted octanol–water partition coefficient (Wildman–Crippen LogP) is -0.415. The number of rotatable bonds is 2. The van der Waals surface area contributed by atoms with Crippen molar-refractivity contribution in [2.45, 2.75) is 6.04 Å². The quantitative estimate of drug-likeness (QED) is 0.597. The van der Waals surface area contributed by atoms with Gasteiger partial charge in [-0.25, -0.2) is 4.79 Å². The van der Waals surface area contributed by atoms with E-state index in [1.54, 1.807) is 7.11 Å². The van der Waals surface area contributed by atoms with Gasteiger partial charge in [-0.05, 0) is 0 Å². The number of hydrogen-bond acceptors (Lipinski definition) is 3. The lowest BCUT2D eigenvalue weighted by atomic mass is 10.2. The molecule has 0 aliphatic carbocycles. The lowest BCUT2D eigenvalue weighted by Crippen LogP contribution is -2.55. The van der Waals surface area contributed by atoms with Gasteiger partial charge in [-0.2, -0.15) is 0 Å². The molecule has 0 unspecified atom stereocenters. The van der Waals surface area contributed by atoms with Gasteiger partial charge in [0.1, 0.15) is 0 Å². The zero-order valence-electron chi connectivity index (χ0n) is 7.12. The number of nitrogens with zero attached hydrogens (tertiary/aromatic N) is 1. The molecule has 0 aromatic rings. The smallest absolute Gasteiger partial charge is 0.407 e. The van der Waals surface area contributed by atoms with Crippen LogP contribution in [0, 0.1) is 0 Å². The third-order valence-corrected chi connectivity index (χ3v) is 1.95. The molecule has 0 aromatic carbocycles. The maximum atomic E-state index is 10.7. The molecule has 1 saturated heterocycles. The number of carboxylic acid groups (broad SMARTS) is 1. The molecule has 1 rings (SSSR count). The first kappa shape index (κ1) is 9.28. The Morgan fingerprint density at radius 3 is 3.17 bits per heavy atom. The Labute approximate surface area is 71.3 Å². The van der Waals surface area contributed by atoms with Crippen LogP contribution in [-0.4, -0.2) is 55.5 Å². The van der Waals surface area contributed by atoms with Crippen molar-refractivity contribution in [1.29, 1.82) is 0 Å². The van der Waals surface area contributed by atoms with E-state index in [9.17, 15) is 4.79 Å². The first-order chi connectivity index (χ1) is 5.75. The van der Waals surface area contributed by atoms with E-state index in [1.807, 2.05) is 0 Å². The molecule has 0 saturated carbocycles. The van der Waals surface area contributed by atoms with Crippen LogP contribution in [0.25, 0.3) is 0 Å². The summed E-state index contributed by atoms with van der Waals surface area (Å²) in [6.45, 7) is 2.41. The van der Waals surface area contributed by atoms with Crippen LogP contribution in [0.5, 0.6) is 0 Å². The van der Waals surface area contributed by atoms with E-state index in [0.717, 1.165) is 6.54 Å². The first-order valence-corrected chi connectivity index (χ1v) is 3.95. The van der Waals surface area contributed by atoms with E-state index in [2.05, 4.69) is 5.32 Å². The van der Waals surface area contributed by atoms with E-state index < -0.39 is 6.09 Å². The Balaban J connectivity index is 2.48. The molecular weight excluding hydrogens is 160 g/mol. The van der Waals surface area contributed by atoms with Crippen LogP contribution in [0.4, 0.5) is 4.79 Å². The summed E-state index contributed by atoms with van der Waals surface area (Å²) in [5.41, 5.74) is 0. The maximum Gasteiger partial charge on any atom is 0.407 e. The molecule has 1 heterocycles. The predicted molar refractivity (Wildman–Crippen MR) is 43.3 cm³/mol. The van der Waals surface area contributed by atoms with Crippen molar-refractivity contribution in [1.82, 2.24) is 10.2 Å². The first-order valence-electron chi connectivity index (χ1n) is 3.95. The number of hydrogen-bond donors (Lipinski definition) is 2. The van der Waals surface area contributed by atoms with Crippen molar-refractivity contribution in [3.05, 3.63) is 0 Å². The van der Waals surface area contributed by atoms with Crippen LogP contribution in [0.2, 0.25) is 0 Å². The molecule has 5 nitrogen and oxygen atoms in total. The Morgan fingerprint density at radius 1 is 1.83 bits per heavy atom. The van der Waals surface area contributed by atoms with Crippen molar-refractivity contribution in [3.63, 3.8) is 0 Å². The van der Waals surface area contributed by atoms with Gasteiger partial charge in [0.05, 0.1) is 12.6 Å². The molecule has 2 N–H and O–H groups in total. The lowest BCUT2D eigenvalue weighted by molar-refractivity contribution is 0.0677. The van der Waals surface area contributed by atoms with Gasteiger partial charge in [0.15, 0.2) is 0 Å². The topological polar surface area (TPSA) is 61.8 Å². The number of piperazine rings is 1. The largest absolute Gasteiger partial charge is 0.465 e. The average Bonchev–Trinajstić information content (AvgIpc) is 2.05. The van der Waals surface area contributed by atoms with Crippen molar-refractivity contribution < 1.29 is 14.6 Å². The fourth-order valence-electron chi connectivity index (χ4n) is 1.35. The minimum Gasteiger partial charge on any atom is -0.465 e. The number of methoxy groups -OCH3 is 1. The summed E-state index contributed by atoms with van der Waals surface area (Å²) in [7, 11) is 1.58. The van der Waals surface area contributed by atoms with Crippen LogP contribution in [0.3, 0.4) is 0 Å². The van der Waals surface area contributed by atoms with E-state index in [4.69, 9.17) is 9.84 Å². The summed E-state index contributed by atoms with van der Waals surface area (Å²) in [6, 6.07) is -0.0405. The second kappa shape index (κ2) is 4.27. The van der Waals surface area contributed by atoms with Crippen molar-refractivity contribution in [2.24, 2.45) is 0 Å². The highest BCUT2D eigenvalue weighted by atomic mass is 16.5. The third kappa shape index (κ3) is 2.09. The molecule has 70 valence electrons. The highest BCUT2D eigenvalue weighted by Crippen LogP contribution is 2.03. The molecule has 0 spiro atoms. The van der Waals surface area contributed by atoms with E-state index >= 15 is 0 Å². The minimum atomic E-state index is -0.862. The Morgan fingerprint density at radius 2 is 2.58 bits per heavy atom. The van der Waals surface area contributed by atoms with Gasteiger partial charge >= 0.3 is 6.09 Å². The summed E-state index contributed by atoms with van der Waals surface area (Å²) in [4.78, 5) is 12.1. The maximum absolute atomic E-state index is 10.7. The molecule has 12 heavy (non-hydrogen) atoms. The van der Waals surface area contributed by atoms with Gasteiger partial charge in [-0.1, -0.05) is 0 Å². The SMILES string of the molecule is COC[C@@H]1CNCCN1C(=O)O. The van der Waals surface area contributed by atoms with E-state index in [1.165, 1.54) is 4.90 Å². The summed E-state index contributed by atoms with van der Waals surface area (Å²) < 4.78 is 4.92. The molecule has 1 fully saturated rings. The number of carbonyl (C=O) groups is 1. The van der Waals surface area contributed by atoms with Crippen molar-refractivity contribution in [3.8, 4) is 0 Å². The number of nitrogens with one attached hydrogen (secondary N) is 1. The molecule has 0 radical (unpaired) electrons. The summed E-state index contributed by atoms with van der Waals surface area (Å²) in [5, 5.41) is 11.9. The van der Waals surface area contributed by atoms with E-state index in [0.29, 0.717) is 19.7 Å². The molecule has 1 aliphatic rings. The van der Waals surface area contributed by atoms with Crippen LogP contribution >= 0.6 is 0 Å². The van der Waals surface area contributed by atoms with E-state index in [-0.39, 0.29) is 6.04 Å².